The molecule has 0 spiro atoms. The van der Waals surface area contributed by atoms with Crippen LogP contribution >= 0.6 is 0 Å². The maximum atomic E-state index is 5.42. The summed E-state index contributed by atoms with van der Waals surface area (Å²) in [6.45, 7) is 3.56. The molecule has 0 saturated heterocycles. The number of hydrogen-bond donors (Lipinski definition) is 2. The fourth-order valence-corrected chi connectivity index (χ4v) is 1.18. The van der Waals surface area contributed by atoms with Crippen molar-refractivity contribution in [2.75, 3.05) is 0 Å². The summed E-state index contributed by atoms with van der Waals surface area (Å²) in [5.41, 5.74) is 6.92. The van der Waals surface area contributed by atoms with Crippen LogP contribution in [0.25, 0.3) is 0 Å². The lowest BCUT2D eigenvalue weighted by molar-refractivity contribution is 0.227. The van der Waals surface area contributed by atoms with Crippen molar-refractivity contribution in [1.82, 2.24) is 0 Å². The summed E-state index contributed by atoms with van der Waals surface area (Å²) in [5.74, 6) is 5.72. The van der Waals surface area contributed by atoms with Crippen LogP contribution in [-0.2, 0) is 4.84 Å². The maximum absolute atomic E-state index is 5.42. The van der Waals surface area contributed by atoms with Crippen molar-refractivity contribution in [3.05, 3.63) is 47.9 Å². The van der Waals surface area contributed by atoms with Gasteiger partial charge in [0.25, 0.3) is 0 Å². The lowest BCUT2D eigenvalue weighted by Gasteiger charge is -2.10. The second-order valence-electron chi connectivity index (χ2n) is 2.86. The van der Waals surface area contributed by atoms with Crippen LogP contribution in [0.1, 0.15) is 12.8 Å². The van der Waals surface area contributed by atoms with Crippen molar-refractivity contribution in [1.29, 1.82) is 0 Å². The molecule has 70 valence electrons. The van der Waals surface area contributed by atoms with E-state index in [-0.39, 0.29) is 0 Å². The smallest absolute Gasteiger partial charge is 0.152 e. The standard InChI is InChI=1S/C10H14N2O/c1-8(11)7-10(13-12)9-5-3-2-4-6-9/h2-3,5,7H,1,4,6,11-12H2/b10-7-. The Morgan fingerprint density at radius 1 is 1.62 bits per heavy atom. The number of allylic oxidation sites excluding steroid dienone is 5. The highest BCUT2D eigenvalue weighted by Gasteiger charge is 2.06. The van der Waals surface area contributed by atoms with Gasteiger partial charge in [-0.25, -0.2) is 0 Å². The van der Waals surface area contributed by atoms with E-state index in [0.29, 0.717) is 11.5 Å². The minimum absolute atomic E-state index is 0.441. The minimum atomic E-state index is 0.441. The van der Waals surface area contributed by atoms with Crippen LogP contribution in [-0.4, -0.2) is 0 Å². The number of hydrogen-bond acceptors (Lipinski definition) is 3. The second kappa shape index (κ2) is 4.52. The van der Waals surface area contributed by atoms with E-state index in [1.54, 1.807) is 6.08 Å². The first kappa shape index (κ1) is 9.61. The summed E-state index contributed by atoms with van der Waals surface area (Å²) in [6, 6.07) is 0. The fourth-order valence-electron chi connectivity index (χ4n) is 1.18. The van der Waals surface area contributed by atoms with Gasteiger partial charge in [-0.3, -0.25) is 0 Å². The zero-order valence-corrected chi connectivity index (χ0v) is 7.49. The normalized spacial score (nSPS) is 16.7. The minimum Gasteiger partial charge on any atom is -0.411 e. The van der Waals surface area contributed by atoms with E-state index in [4.69, 9.17) is 16.5 Å². The summed E-state index contributed by atoms with van der Waals surface area (Å²) in [5, 5.41) is 0. The van der Waals surface area contributed by atoms with E-state index < -0.39 is 0 Å². The summed E-state index contributed by atoms with van der Waals surface area (Å²) in [7, 11) is 0. The molecule has 3 nitrogen and oxygen atoms in total. The van der Waals surface area contributed by atoms with Crippen LogP contribution in [0, 0.1) is 0 Å². The Balaban J connectivity index is 2.82. The van der Waals surface area contributed by atoms with Crippen LogP contribution in [0.5, 0.6) is 0 Å². The Morgan fingerprint density at radius 3 is 2.85 bits per heavy atom. The van der Waals surface area contributed by atoms with Crippen LogP contribution < -0.4 is 11.6 Å². The molecule has 0 atom stereocenters. The third-order valence-corrected chi connectivity index (χ3v) is 1.77. The summed E-state index contributed by atoms with van der Waals surface area (Å²) in [6.07, 6.45) is 9.59. The van der Waals surface area contributed by atoms with Gasteiger partial charge >= 0.3 is 0 Å². The fraction of sp³-hybridized carbons (Fsp3) is 0.200. The summed E-state index contributed by atoms with van der Waals surface area (Å²) in [4.78, 5) is 4.72. The molecule has 0 bridgehead atoms. The van der Waals surface area contributed by atoms with Crippen LogP contribution in [0.15, 0.2) is 47.9 Å². The van der Waals surface area contributed by atoms with E-state index in [0.717, 1.165) is 18.4 Å². The van der Waals surface area contributed by atoms with Crippen LogP contribution in [0.4, 0.5) is 0 Å². The van der Waals surface area contributed by atoms with E-state index >= 15 is 0 Å². The molecule has 1 aliphatic rings. The topological polar surface area (TPSA) is 61.3 Å². The average Bonchev–Trinajstić information content (AvgIpc) is 2.15. The van der Waals surface area contributed by atoms with E-state index in [9.17, 15) is 0 Å². The molecule has 0 saturated carbocycles. The van der Waals surface area contributed by atoms with Gasteiger partial charge in [0.1, 0.15) is 0 Å². The molecular formula is C10H14N2O. The van der Waals surface area contributed by atoms with Crippen molar-refractivity contribution in [2.45, 2.75) is 12.8 Å². The van der Waals surface area contributed by atoms with Crippen LogP contribution in [0.3, 0.4) is 0 Å². The van der Waals surface area contributed by atoms with Gasteiger partial charge in [-0.2, -0.15) is 5.90 Å². The molecule has 0 heterocycles. The highest BCUT2D eigenvalue weighted by molar-refractivity contribution is 5.35. The Hall–Kier alpha value is -1.48. The quantitative estimate of drug-likeness (QED) is 0.391. The van der Waals surface area contributed by atoms with Crippen molar-refractivity contribution >= 4 is 0 Å². The lowest BCUT2D eigenvalue weighted by atomic mass is 10.0. The molecule has 0 unspecified atom stereocenters. The van der Waals surface area contributed by atoms with E-state index in [2.05, 4.69) is 12.7 Å². The highest BCUT2D eigenvalue weighted by Crippen LogP contribution is 2.20. The first-order chi connectivity index (χ1) is 6.24. The molecular weight excluding hydrogens is 164 g/mol. The van der Waals surface area contributed by atoms with Gasteiger partial charge in [0.2, 0.25) is 0 Å². The largest absolute Gasteiger partial charge is 0.411 e. The lowest BCUT2D eigenvalue weighted by Crippen LogP contribution is -2.05. The van der Waals surface area contributed by atoms with Crippen molar-refractivity contribution < 1.29 is 4.84 Å². The van der Waals surface area contributed by atoms with Crippen molar-refractivity contribution in [3.63, 3.8) is 0 Å². The van der Waals surface area contributed by atoms with Gasteiger partial charge in [0, 0.05) is 11.8 Å². The molecule has 1 rings (SSSR count). The molecule has 0 aliphatic heterocycles. The SMILES string of the molecule is C=C(N)/C=C(\ON)C1=CC=CCC1. The monoisotopic (exact) mass is 178 g/mol. The Morgan fingerprint density at radius 2 is 2.38 bits per heavy atom. The predicted molar refractivity (Wildman–Crippen MR) is 53.1 cm³/mol. The van der Waals surface area contributed by atoms with Gasteiger partial charge in [-0.15, -0.1) is 0 Å². The van der Waals surface area contributed by atoms with Crippen molar-refractivity contribution in [3.8, 4) is 0 Å². The first-order valence-corrected chi connectivity index (χ1v) is 4.13. The van der Waals surface area contributed by atoms with Gasteiger partial charge in [-0.05, 0) is 18.4 Å². The molecule has 0 aromatic rings. The molecule has 1 aliphatic carbocycles. The van der Waals surface area contributed by atoms with E-state index in [1.807, 2.05) is 12.2 Å². The molecule has 0 fully saturated rings. The van der Waals surface area contributed by atoms with E-state index in [1.165, 1.54) is 0 Å². The third kappa shape index (κ3) is 2.80. The number of nitrogens with two attached hydrogens (primary N) is 2. The molecule has 0 aromatic heterocycles. The molecule has 0 radical (unpaired) electrons. The maximum Gasteiger partial charge on any atom is 0.152 e. The Kier molecular flexibility index (Phi) is 3.34. The predicted octanol–water partition coefficient (Wildman–Crippen LogP) is 1.51. The third-order valence-electron chi connectivity index (χ3n) is 1.77. The van der Waals surface area contributed by atoms with Gasteiger partial charge in [0.05, 0.1) is 0 Å². The Bertz CT molecular complexity index is 287. The second-order valence-corrected chi connectivity index (χ2v) is 2.86. The van der Waals surface area contributed by atoms with Gasteiger partial charge in [-0.1, -0.05) is 24.8 Å². The zero-order valence-electron chi connectivity index (χ0n) is 7.49. The average molecular weight is 178 g/mol. The molecule has 0 amide bonds. The summed E-state index contributed by atoms with van der Waals surface area (Å²) >= 11 is 0. The number of rotatable bonds is 3. The van der Waals surface area contributed by atoms with Gasteiger partial charge in [0.15, 0.2) is 5.76 Å². The molecule has 0 aromatic carbocycles. The first-order valence-electron chi connectivity index (χ1n) is 4.13. The summed E-state index contributed by atoms with van der Waals surface area (Å²) < 4.78 is 0. The van der Waals surface area contributed by atoms with Crippen molar-refractivity contribution in [2.24, 2.45) is 11.6 Å². The van der Waals surface area contributed by atoms with Gasteiger partial charge < -0.3 is 10.6 Å². The Labute approximate surface area is 78.0 Å². The molecule has 3 heteroatoms. The molecule has 4 N–H and O–H groups in total. The highest BCUT2D eigenvalue weighted by atomic mass is 16.6. The zero-order chi connectivity index (χ0) is 9.68. The molecule has 13 heavy (non-hydrogen) atoms. The van der Waals surface area contributed by atoms with Crippen LogP contribution in [0.2, 0.25) is 0 Å².